The van der Waals surface area contributed by atoms with E-state index in [-0.39, 0.29) is 12.1 Å². The molecule has 0 aromatic carbocycles. The molecule has 0 unspecified atom stereocenters. The van der Waals surface area contributed by atoms with E-state index in [2.05, 4.69) is 5.32 Å². The van der Waals surface area contributed by atoms with Gasteiger partial charge in [-0.15, -0.1) is 0 Å². The number of aliphatic hydroxyl groups is 1. The van der Waals surface area contributed by atoms with Crippen molar-refractivity contribution in [1.82, 2.24) is 5.32 Å². The molecule has 0 amide bonds. The molecule has 13 heavy (non-hydrogen) atoms. The summed E-state index contributed by atoms with van der Waals surface area (Å²) in [7, 11) is 0. The van der Waals surface area contributed by atoms with Crippen LogP contribution in [-0.4, -0.2) is 34.9 Å². The third-order valence-electron chi connectivity index (χ3n) is 2.38. The monoisotopic (exact) mass is 185 g/mol. The number of aliphatic hydroxyl groups excluding tert-OH is 1. The second-order valence-electron chi connectivity index (χ2n) is 3.51. The van der Waals surface area contributed by atoms with E-state index in [0.29, 0.717) is 12.1 Å². The van der Waals surface area contributed by atoms with Crippen molar-refractivity contribution < 1.29 is 15.0 Å². The van der Waals surface area contributed by atoms with Gasteiger partial charge in [0, 0.05) is 17.7 Å². The predicted octanol–water partition coefficient (Wildman–Crippen LogP) is 0.132. The first-order valence-corrected chi connectivity index (χ1v) is 4.36. The van der Waals surface area contributed by atoms with Crippen molar-refractivity contribution in [3.8, 4) is 0 Å². The number of aliphatic carboxylic acids is 1. The van der Waals surface area contributed by atoms with Crippen LogP contribution in [0.2, 0.25) is 0 Å². The number of hydrogen-bond donors (Lipinski definition) is 3. The summed E-state index contributed by atoms with van der Waals surface area (Å²) < 4.78 is 0. The van der Waals surface area contributed by atoms with E-state index in [1.165, 1.54) is 0 Å². The second-order valence-corrected chi connectivity index (χ2v) is 3.51. The van der Waals surface area contributed by atoms with E-state index in [1.54, 1.807) is 13.0 Å². The van der Waals surface area contributed by atoms with E-state index in [9.17, 15) is 4.79 Å². The van der Waals surface area contributed by atoms with Gasteiger partial charge in [0.2, 0.25) is 0 Å². The van der Waals surface area contributed by atoms with Crippen molar-refractivity contribution >= 4 is 5.97 Å². The van der Waals surface area contributed by atoms with Crippen LogP contribution in [0, 0.1) is 0 Å². The molecule has 0 aromatic heterocycles. The summed E-state index contributed by atoms with van der Waals surface area (Å²) in [6.45, 7) is 2.20. The third kappa shape index (κ3) is 2.82. The largest absolute Gasteiger partial charge is 0.478 e. The van der Waals surface area contributed by atoms with Gasteiger partial charge < -0.3 is 15.5 Å². The van der Waals surface area contributed by atoms with Gasteiger partial charge in [0.15, 0.2) is 0 Å². The molecule has 0 atom stereocenters. The fourth-order valence-electron chi connectivity index (χ4n) is 1.05. The summed E-state index contributed by atoms with van der Waals surface area (Å²) in [4.78, 5) is 10.4. The average Bonchev–Trinajstić information content (AvgIpc) is 2.85. The van der Waals surface area contributed by atoms with Crippen LogP contribution in [0.5, 0.6) is 0 Å². The first-order valence-electron chi connectivity index (χ1n) is 4.36. The fourth-order valence-corrected chi connectivity index (χ4v) is 1.05. The van der Waals surface area contributed by atoms with Crippen molar-refractivity contribution in [2.75, 3.05) is 13.2 Å². The maximum atomic E-state index is 10.4. The standard InChI is InChI=1S/C9H15NO3/c1-7(8(12)13)2-5-10-9(6-11)3-4-9/h2,10-11H,3-6H2,1H3,(H,12,13). The molecule has 1 aliphatic carbocycles. The Morgan fingerprint density at radius 2 is 2.23 bits per heavy atom. The zero-order valence-electron chi connectivity index (χ0n) is 7.71. The van der Waals surface area contributed by atoms with Gasteiger partial charge in [-0.05, 0) is 19.8 Å². The summed E-state index contributed by atoms with van der Waals surface area (Å²) in [6, 6.07) is 0. The molecule has 1 rings (SSSR count). The minimum absolute atomic E-state index is 0.116. The van der Waals surface area contributed by atoms with Crippen LogP contribution in [0.1, 0.15) is 19.8 Å². The lowest BCUT2D eigenvalue weighted by Crippen LogP contribution is -2.34. The first kappa shape index (κ1) is 10.2. The summed E-state index contributed by atoms with van der Waals surface area (Å²) in [5.74, 6) is -0.893. The Kier molecular flexibility index (Phi) is 3.06. The van der Waals surface area contributed by atoms with E-state index >= 15 is 0 Å². The van der Waals surface area contributed by atoms with Gasteiger partial charge in [-0.25, -0.2) is 4.79 Å². The van der Waals surface area contributed by atoms with E-state index in [1.807, 2.05) is 0 Å². The van der Waals surface area contributed by atoms with E-state index in [0.717, 1.165) is 12.8 Å². The Morgan fingerprint density at radius 1 is 1.62 bits per heavy atom. The molecule has 3 N–H and O–H groups in total. The summed E-state index contributed by atoms with van der Waals surface area (Å²) >= 11 is 0. The SMILES string of the molecule is CC(=CCNC1(CO)CC1)C(=O)O. The molecular weight excluding hydrogens is 170 g/mol. The molecule has 1 aliphatic rings. The van der Waals surface area contributed by atoms with Crippen LogP contribution in [0.15, 0.2) is 11.6 Å². The molecule has 1 saturated carbocycles. The molecule has 4 nitrogen and oxygen atoms in total. The van der Waals surface area contributed by atoms with Crippen LogP contribution in [0.3, 0.4) is 0 Å². The van der Waals surface area contributed by atoms with Crippen molar-refractivity contribution in [3.63, 3.8) is 0 Å². The van der Waals surface area contributed by atoms with Gasteiger partial charge in [-0.2, -0.15) is 0 Å². The Balaban J connectivity index is 2.27. The zero-order valence-corrected chi connectivity index (χ0v) is 7.71. The summed E-state index contributed by atoms with van der Waals surface area (Å²) in [5, 5.41) is 20.6. The molecule has 0 saturated heterocycles. The minimum atomic E-state index is -0.893. The number of hydrogen-bond acceptors (Lipinski definition) is 3. The average molecular weight is 185 g/mol. The Labute approximate surface area is 77.3 Å². The molecule has 4 heteroatoms. The van der Waals surface area contributed by atoms with Crippen molar-refractivity contribution in [1.29, 1.82) is 0 Å². The molecule has 0 radical (unpaired) electrons. The van der Waals surface area contributed by atoms with Crippen LogP contribution in [0.4, 0.5) is 0 Å². The van der Waals surface area contributed by atoms with Crippen LogP contribution in [-0.2, 0) is 4.79 Å². The molecular formula is C9H15NO3. The molecule has 0 aromatic rings. The number of nitrogens with one attached hydrogen (secondary N) is 1. The molecule has 74 valence electrons. The van der Waals surface area contributed by atoms with Crippen LogP contribution in [0.25, 0.3) is 0 Å². The second kappa shape index (κ2) is 3.89. The van der Waals surface area contributed by atoms with Gasteiger partial charge in [0.05, 0.1) is 6.61 Å². The Morgan fingerprint density at radius 3 is 2.62 bits per heavy atom. The molecule has 0 aliphatic heterocycles. The Hall–Kier alpha value is -0.870. The highest BCUT2D eigenvalue weighted by Crippen LogP contribution is 2.34. The number of carboxylic acids is 1. The third-order valence-corrected chi connectivity index (χ3v) is 2.38. The van der Waals surface area contributed by atoms with E-state index < -0.39 is 5.97 Å². The van der Waals surface area contributed by atoms with Gasteiger partial charge >= 0.3 is 5.97 Å². The quantitative estimate of drug-likeness (QED) is 0.532. The molecule has 0 heterocycles. The van der Waals surface area contributed by atoms with E-state index in [4.69, 9.17) is 10.2 Å². The zero-order chi connectivity index (χ0) is 9.90. The topological polar surface area (TPSA) is 69.6 Å². The highest BCUT2D eigenvalue weighted by Gasteiger charge is 2.40. The highest BCUT2D eigenvalue weighted by molar-refractivity contribution is 5.85. The fraction of sp³-hybridized carbons (Fsp3) is 0.667. The molecule has 1 fully saturated rings. The number of carbonyl (C=O) groups is 1. The Bertz CT molecular complexity index is 231. The predicted molar refractivity (Wildman–Crippen MR) is 48.4 cm³/mol. The lowest BCUT2D eigenvalue weighted by molar-refractivity contribution is -0.132. The minimum Gasteiger partial charge on any atom is -0.478 e. The van der Waals surface area contributed by atoms with Crippen molar-refractivity contribution in [2.24, 2.45) is 0 Å². The highest BCUT2D eigenvalue weighted by atomic mass is 16.4. The maximum absolute atomic E-state index is 10.4. The molecule has 0 bridgehead atoms. The van der Waals surface area contributed by atoms with Gasteiger partial charge in [-0.3, -0.25) is 0 Å². The maximum Gasteiger partial charge on any atom is 0.330 e. The van der Waals surface area contributed by atoms with Crippen molar-refractivity contribution in [2.45, 2.75) is 25.3 Å². The van der Waals surface area contributed by atoms with Gasteiger partial charge in [-0.1, -0.05) is 6.08 Å². The number of rotatable bonds is 5. The first-order chi connectivity index (χ1) is 6.09. The van der Waals surface area contributed by atoms with Crippen molar-refractivity contribution in [3.05, 3.63) is 11.6 Å². The van der Waals surface area contributed by atoms with Crippen LogP contribution >= 0.6 is 0 Å². The molecule has 0 spiro atoms. The van der Waals surface area contributed by atoms with Crippen LogP contribution < -0.4 is 5.32 Å². The lowest BCUT2D eigenvalue weighted by Gasteiger charge is -2.11. The van der Waals surface area contributed by atoms with Gasteiger partial charge in [0.1, 0.15) is 0 Å². The summed E-state index contributed by atoms with van der Waals surface area (Å²) in [5.41, 5.74) is 0.219. The normalized spacial score (nSPS) is 20.0. The smallest absolute Gasteiger partial charge is 0.330 e. The number of carboxylic acid groups (broad SMARTS) is 1. The van der Waals surface area contributed by atoms with Gasteiger partial charge in [0.25, 0.3) is 0 Å². The summed E-state index contributed by atoms with van der Waals surface area (Å²) in [6.07, 6.45) is 3.57. The lowest BCUT2D eigenvalue weighted by atomic mass is 10.2.